The maximum absolute atomic E-state index is 12.5. The Morgan fingerprint density at radius 3 is 2.47 bits per heavy atom. The van der Waals surface area contributed by atoms with Gasteiger partial charge in [-0.2, -0.15) is 18.4 Å². The molecule has 0 spiro atoms. The van der Waals surface area contributed by atoms with Gasteiger partial charge in [-0.15, -0.1) is 0 Å². The molecule has 0 bridgehead atoms. The first kappa shape index (κ1) is 13.7. The quantitative estimate of drug-likeness (QED) is 0.619. The molecule has 17 heavy (non-hydrogen) atoms. The van der Waals surface area contributed by atoms with E-state index in [1.54, 1.807) is 6.07 Å². The zero-order valence-electron chi connectivity index (χ0n) is 8.68. The highest BCUT2D eigenvalue weighted by atomic mass is 79.9. The van der Waals surface area contributed by atoms with Gasteiger partial charge in [-0.25, -0.2) is 0 Å². The van der Waals surface area contributed by atoms with Gasteiger partial charge < -0.3 is 0 Å². The largest absolute Gasteiger partial charge is 0.416 e. The van der Waals surface area contributed by atoms with Gasteiger partial charge in [-0.05, 0) is 25.1 Å². The highest BCUT2D eigenvalue weighted by Gasteiger charge is 2.32. The van der Waals surface area contributed by atoms with Crippen LogP contribution in [0, 0.1) is 11.3 Å². The minimum absolute atomic E-state index is 0.0608. The predicted molar refractivity (Wildman–Crippen MR) is 58.9 cm³/mol. The second kappa shape index (κ2) is 4.88. The molecule has 2 nitrogen and oxygen atoms in total. The molecule has 6 heteroatoms. The number of Topliss-reactive ketones (excluding diaryl/α,β-unsaturated/α-hetero) is 1. The van der Waals surface area contributed by atoms with Crippen LogP contribution in [0.5, 0.6) is 0 Å². The van der Waals surface area contributed by atoms with Crippen molar-refractivity contribution in [1.29, 1.82) is 5.26 Å². The first-order valence-electron chi connectivity index (χ1n) is 4.57. The molecular formula is C11H7BrF3NO. The van der Waals surface area contributed by atoms with Gasteiger partial charge in [0.2, 0.25) is 0 Å². The van der Waals surface area contributed by atoms with Gasteiger partial charge in [-0.3, -0.25) is 4.79 Å². The number of halogens is 4. The molecule has 90 valence electrons. The second-order valence-electron chi connectivity index (χ2n) is 3.35. The average Bonchev–Trinajstić information content (AvgIpc) is 2.25. The Labute approximate surface area is 104 Å². The van der Waals surface area contributed by atoms with Crippen molar-refractivity contribution >= 4 is 21.7 Å². The highest BCUT2D eigenvalue weighted by molar-refractivity contribution is 9.10. The van der Waals surface area contributed by atoms with E-state index in [0.717, 1.165) is 12.1 Å². The molecule has 0 radical (unpaired) electrons. The summed E-state index contributed by atoms with van der Waals surface area (Å²) in [4.78, 5) is 11.0. The van der Waals surface area contributed by atoms with E-state index in [1.165, 1.54) is 6.92 Å². The minimum atomic E-state index is -4.53. The standard InChI is InChI=1S/C11H7BrF3NO/c1-6(12)10(17)9-4-8(11(13,14)15)3-2-7(9)5-16/h2-4,6H,1H3. The van der Waals surface area contributed by atoms with Gasteiger partial charge >= 0.3 is 6.18 Å². The molecule has 1 aromatic carbocycles. The van der Waals surface area contributed by atoms with Crippen molar-refractivity contribution in [2.75, 3.05) is 0 Å². The van der Waals surface area contributed by atoms with Gasteiger partial charge in [0, 0.05) is 5.56 Å². The van der Waals surface area contributed by atoms with E-state index in [-0.39, 0.29) is 11.1 Å². The monoisotopic (exact) mass is 305 g/mol. The highest BCUT2D eigenvalue weighted by Crippen LogP contribution is 2.31. The van der Waals surface area contributed by atoms with Crippen molar-refractivity contribution in [3.05, 3.63) is 34.9 Å². The Balaban J connectivity index is 3.37. The molecule has 1 atom stereocenters. The van der Waals surface area contributed by atoms with E-state index in [0.29, 0.717) is 6.07 Å². The number of nitriles is 1. The fourth-order valence-electron chi connectivity index (χ4n) is 1.24. The maximum atomic E-state index is 12.5. The Hall–Kier alpha value is -1.35. The first-order chi connectivity index (χ1) is 7.77. The van der Waals surface area contributed by atoms with Gasteiger partial charge in [-0.1, -0.05) is 15.9 Å². The van der Waals surface area contributed by atoms with E-state index < -0.39 is 22.4 Å². The molecule has 1 aromatic rings. The van der Waals surface area contributed by atoms with E-state index in [1.807, 2.05) is 0 Å². The predicted octanol–water partition coefficient (Wildman–Crippen LogP) is 3.54. The van der Waals surface area contributed by atoms with Gasteiger partial charge in [0.05, 0.1) is 22.0 Å². The molecule has 0 N–H and O–H groups in total. The number of rotatable bonds is 2. The van der Waals surface area contributed by atoms with Crippen LogP contribution >= 0.6 is 15.9 Å². The van der Waals surface area contributed by atoms with Crippen LogP contribution < -0.4 is 0 Å². The number of nitrogens with zero attached hydrogens (tertiary/aromatic N) is 1. The van der Waals surface area contributed by atoms with Gasteiger partial charge in [0.25, 0.3) is 0 Å². The molecule has 0 saturated carbocycles. The fourth-order valence-corrected chi connectivity index (χ4v) is 1.48. The van der Waals surface area contributed by atoms with Gasteiger partial charge in [0.15, 0.2) is 5.78 Å². The Morgan fingerprint density at radius 2 is 2.06 bits per heavy atom. The number of carbonyl (C=O) groups is 1. The summed E-state index contributed by atoms with van der Waals surface area (Å²) in [5.41, 5.74) is -1.21. The van der Waals surface area contributed by atoms with Crippen LogP contribution in [-0.2, 0) is 6.18 Å². The van der Waals surface area contributed by atoms with E-state index in [4.69, 9.17) is 5.26 Å². The summed E-state index contributed by atoms with van der Waals surface area (Å²) in [6.45, 7) is 1.49. The summed E-state index contributed by atoms with van der Waals surface area (Å²) in [5.74, 6) is -0.548. The number of ketones is 1. The molecule has 1 rings (SSSR count). The van der Waals surface area contributed by atoms with Crippen LogP contribution in [0.25, 0.3) is 0 Å². The number of carbonyl (C=O) groups excluding carboxylic acids is 1. The molecule has 0 saturated heterocycles. The Bertz CT molecular complexity index is 488. The zero-order chi connectivity index (χ0) is 13.2. The minimum Gasteiger partial charge on any atom is -0.293 e. The molecule has 1 unspecified atom stereocenters. The van der Waals surface area contributed by atoms with Crippen molar-refractivity contribution in [1.82, 2.24) is 0 Å². The third-order valence-corrected chi connectivity index (χ3v) is 2.51. The van der Waals surface area contributed by atoms with Crippen LogP contribution in [0.1, 0.15) is 28.4 Å². The summed E-state index contributed by atoms with van der Waals surface area (Å²) in [6.07, 6.45) is -4.53. The number of benzene rings is 1. The zero-order valence-corrected chi connectivity index (χ0v) is 10.3. The van der Waals surface area contributed by atoms with Crippen LogP contribution in [0.15, 0.2) is 18.2 Å². The molecule has 0 heterocycles. The Kier molecular flexibility index (Phi) is 3.94. The van der Waals surface area contributed by atoms with Crippen molar-refractivity contribution < 1.29 is 18.0 Å². The lowest BCUT2D eigenvalue weighted by atomic mass is 9.99. The van der Waals surface area contributed by atoms with Crippen molar-refractivity contribution in [3.63, 3.8) is 0 Å². The third-order valence-electron chi connectivity index (χ3n) is 2.09. The molecule has 0 aromatic heterocycles. The normalized spacial score (nSPS) is 12.9. The lowest BCUT2D eigenvalue weighted by Gasteiger charge is -2.10. The molecule has 0 amide bonds. The molecule has 0 aliphatic heterocycles. The summed E-state index contributed by atoms with van der Waals surface area (Å²) >= 11 is 2.97. The fraction of sp³-hybridized carbons (Fsp3) is 0.273. The summed E-state index contributed by atoms with van der Waals surface area (Å²) in [5, 5.41) is 8.74. The van der Waals surface area contributed by atoms with E-state index in [2.05, 4.69) is 15.9 Å². The average molecular weight is 306 g/mol. The Morgan fingerprint density at radius 1 is 1.47 bits per heavy atom. The number of hydrogen-bond donors (Lipinski definition) is 0. The number of hydrogen-bond acceptors (Lipinski definition) is 2. The van der Waals surface area contributed by atoms with Crippen LogP contribution in [0.3, 0.4) is 0 Å². The van der Waals surface area contributed by atoms with Crippen LogP contribution in [0.4, 0.5) is 13.2 Å². The molecular weight excluding hydrogens is 299 g/mol. The topological polar surface area (TPSA) is 40.9 Å². The first-order valence-corrected chi connectivity index (χ1v) is 5.48. The molecule has 0 fully saturated rings. The molecule has 0 aliphatic carbocycles. The third kappa shape index (κ3) is 3.07. The van der Waals surface area contributed by atoms with E-state index >= 15 is 0 Å². The smallest absolute Gasteiger partial charge is 0.293 e. The second-order valence-corrected chi connectivity index (χ2v) is 4.72. The van der Waals surface area contributed by atoms with Crippen LogP contribution in [-0.4, -0.2) is 10.6 Å². The van der Waals surface area contributed by atoms with Gasteiger partial charge in [0.1, 0.15) is 0 Å². The lowest BCUT2D eigenvalue weighted by molar-refractivity contribution is -0.137. The number of alkyl halides is 4. The summed E-state index contributed by atoms with van der Waals surface area (Å²) < 4.78 is 37.4. The summed E-state index contributed by atoms with van der Waals surface area (Å²) in [6, 6.07) is 4.20. The maximum Gasteiger partial charge on any atom is 0.416 e. The van der Waals surface area contributed by atoms with Crippen molar-refractivity contribution in [2.45, 2.75) is 17.9 Å². The van der Waals surface area contributed by atoms with Crippen molar-refractivity contribution in [2.24, 2.45) is 0 Å². The summed E-state index contributed by atoms with van der Waals surface area (Å²) in [7, 11) is 0. The van der Waals surface area contributed by atoms with E-state index in [9.17, 15) is 18.0 Å². The van der Waals surface area contributed by atoms with Crippen molar-refractivity contribution in [3.8, 4) is 6.07 Å². The lowest BCUT2D eigenvalue weighted by Crippen LogP contribution is -2.14. The van der Waals surface area contributed by atoms with Crippen LogP contribution in [0.2, 0.25) is 0 Å². The molecule has 0 aliphatic rings. The SMILES string of the molecule is CC(Br)C(=O)c1cc(C(F)(F)F)ccc1C#N.